The molecule has 0 aliphatic heterocycles. The van der Waals surface area contributed by atoms with Crippen LogP contribution in [-0.4, -0.2) is 25.6 Å². The zero-order chi connectivity index (χ0) is 14.3. The molecule has 0 aliphatic carbocycles. The lowest BCUT2D eigenvalue weighted by molar-refractivity contribution is -0.274. The standard InChI is InChI=1S/C13H18F3NO2/c1-10(2)18-7-6-17-9-11-4-3-5-12(8-11)19-13(14,15)16/h3-5,8,10,17H,6-7,9H2,1-2H3. The zero-order valence-corrected chi connectivity index (χ0v) is 11.0. The van der Waals surface area contributed by atoms with Crippen molar-refractivity contribution < 1.29 is 22.6 Å². The predicted octanol–water partition coefficient (Wildman–Crippen LogP) is 3.10. The summed E-state index contributed by atoms with van der Waals surface area (Å²) in [6.45, 7) is 5.56. The molecule has 108 valence electrons. The Bertz CT molecular complexity index is 380. The number of benzene rings is 1. The van der Waals surface area contributed by atoms with E-state index in [4.69, 9.17) is 4.74 Å². The molecule has 0 amide bonds. The third kappa shape index (κ3) is 7.69. The molecule has 1 N–H and O–H groups in total. The molecule has 6 heteroatoms. The fourth-order valence-electron chi connectivity index (χ4n) is 1.45. The molecule has 1 aromatic carbocycles. The van der Waals surface area contributed by atoms with E-state index in [1.165, 1.54) is 18.2 Å². The van der Waals surface area contributed by atoms with E-state index >= 15 is 0 Å². The Morgan fingerprint density at radius 3 is 2.63 bits per heavy atom. The lowest BCUT2D eigenvalue weighted by Gasteiger charge is -2.11. The Kier molecular flexibility index (Phi) is 6.11. The topological polar surface area (TPSA) is 30.5 Å². The van der Waals surface area contributed by atoms with Gasteiger partial charge in [-0.15, -0.1) is 13.2 Å². The van der Waals surface area contributed by atoms with E-state index < -0.39 is 6.36 Å². The van der Waals surface area contributed by atoms with Gasteiger partial charge in [0.2, 0.25) is 0 Å². The first kappa shape index (κ1) is 15.8. The molecule has 0 radical (unpaired) electrons. The average Bonchev–Trinajstić information content (AvgIpc) is 2.26. The van der Waals surface area contributed by atoms with Crippen molar-refractivity contribution in [1.82, 2.24) is 5.32 Å². The van der Waals surface area contributed by atoms with E-state index in [2.05, 4.69) is 10.1 Å². The average molecular weight is 277 g/mol. The first-order chi connectivity index (χ1) is 8.87. The van der Waals surface area contributed by atoms with Gasteiger partial charge in [-0.05, 0) is 31.5 Å². The first-order valence-corrected chi connectivity index (χ1v) is 6.04. The molecule has 0 fully saturated rings. The summed E-state index contributed by atoms with van der Waals surface area (Å²) >= 11 is 0. The normalized spacial score (nSPS) is 11.9. The Morgan fingerprint density at radius 2 is 2.00 bits per heavy atom. The summed E-state index contributed by atoms with van der Waals surface area (Å²) in [7, 11) is 0. The molecule has 0 aliphatic rings. The second-order valence-electron chi connectivity index (χ2n) is 4.29. The molecule has 0 saturated heterocycles. The third-order valence-electron chi connectivity index (χ3n) is 2.19. The van der Waals surface area contributed by atoms with Crippen molar-refractivity contribution in [3.05, 3.63) is 29.8 Å². The molecule has 19 heavy (non-hydrogen) atoms. The van der Waals surface area contributed by atoms with Crippen LogP contribution >= 0.6 is 0 Å². The molecule has 1 rings (SSSR count). The monoisotopic (exact) mass is 277 g/mol. The Hall–Kier alpha value is -1.27. The van der Waals surface area contributed by atoms with E-state index in [1.807, 2.05) is 13.8 Å². The summed E-state index contributed by atoms with van der Waals surface area (Å²) < 4.78 is 45.3. The number of ether oxygens (including phenoxy) is 2. The van der Waals surface area contributed by atoms with Crippen LogP contribution in [0.3, 0.4) is 0 Å². The van der Waals surface area contributed by atoms with Crippen molar-refractivity contribution in [2.75, 3.05) is 13.2 Å². The van der Waals surface area contributed by atoms with Crippen LogP contribution in [0.5, 0.6) is 5.75 Å². The minimum absolute atomic E-state index is 0.172. The van der Waals surface area contributed by atoms with E-state index in [1.54, 1.807) is 6.07 Å². The maximum atomic E-state index is 12.0. The van der Waals surface area contributed by atoms with Gasteiger partial charge in [0.15, 0.2) is 0 Å². The van der Waals surface area contributed by atoms with Crippen LogP contribution in [0.1, 0.15) is 19.4 Å². The van der Waals surface area contributed by atoms with Crippen molar-refractivity contribution in [3.63, 3.8) is 0 Å². The molecule has 3 nitrogen and oxygen atoms in total. The highest BCUT2D eigenvalue weighted by molar-refractivity contribution is 5.28. The SMILES string of the molecule is CC(C)OCCNCc1cccc(OC(F)(F)F)c1. The molecule has 0 heterocycles. The highest BCUT2D eigenvalue weighted by atomic mass is 19.4. The summed E-state index contributed by atoms with van der Waals surface area (Å²) in [5.74, 6) is -0.203. The quantitative estimate of drug-likeness (QED) is 0.777. The molecule has 0 atom stereocenters. The molecule has 0 spiro atoms. The van der Waals surface area contributed by atoms with Crippen LogP contribution in [0.15, 0.2) is 24.3 Å². The Labute approximate surface area is 110 Å². The number of nitrogens with one attached hydrogen (secondary N) is 1. The van der Waals surface area contributed by atoms with Gasteiger partial charge in [-0.1, -0.05) is 12.1 Å². The Balaban J connectivity index is 2.36. The number of halogens is 3. The fraction of sp³-hybridized carbons (Fsp3) is 0.538. The summed E-state index contributed by atoms with van der Waals surface area (Å²) in [6, 6.07) is 5.91. The van der Waals surface area contributed by atoms with Gasteiger partial charge in [-0.25, -0.2) is 0 Å². The van der Waals surface area contributed by atoms with Crippen molar-refractivity contribution in [1.29, 1.82) is 0 Å². The summed E-state index contributed by atoms with van der Waals surface area (Å²) in [5.41, 5.74) is 0.728. The zero-order valence-electron chi connectivity index (χ0n) is 11.0. The second-order valence-corrected chi connectivity index (χ2v) is 4.29. The molecule has 0 bridgehead atoms. The van der Waals surface area contributed by atoms with Crippen LogP contribution < -0.4 is 10.1 Å². The number of hydrogen-bond acceptors (Lipinski definition) is 3. The Morgan fingerprint density at radius 1 is 1.26 bits per heavy atom. The number of rotatable bonds is 7. The van der Waals surface area contributed by atoms with E-state index in [-0.39, 0.29) is 11.9 Å². The highest BCUT2D eigenvalue weighted by Crippen LogP contribution is 2.23. The van der Waals surface area contributed by atoms with Crippen LogP contribution in [-0.2, 0) is 11.3 Å². The van der Waals surface area contributed by atoms with Gasteiger partial charge in [0.25, 0.3) is 0 Å². The minimum Gasteiger partial charge on any atom is -0.406 e. The number of alkyl halides is 3. The molecular formula is C13H18F3NO2. The molecule has 1 aromatic rings. The van der Waals surface area contributed by atoms with E-state index in [0.717, 1.165) is 5.56 Å². The maximum Gasteiger partial charge on any atom is 0.573 e. The lowest BCUT2D eigenvalue weighted by atomic mass is 10.2. The summed E-state index contributed by atoms with van der Waals surface area (Å²) in [6.07, 6.45) is -4.48. The lowest BCUT2D eigenvalue weighted by Crippen LogP contribution is -2.21. The first-order valence-electron chi connectivity index (χ1n) is 6.04. The van der Waals surface area contributed by atoms with Gasteiger partial charge < -0.3 is 14.8 Å². The van der Waals surface area contributed by atoms with Gasteiger partial charge in [0.05, 0.1) is 12.7 Å². The number of hydrogen-bond donors (Lipinski definition) is 1. The van der Waals surface area contributed by atoms with E-state index in [9.17, 15) is 13.2 Å². The van der Waals surface area contributed by atoms with Crippen molar-refractivity contribution in [2.24, 2.45) is 0 Å². The van der Waals surface area contributed by atoms with Gasteiger partial charge in [0, 0.05) is 13.1 Å². The molecular weight excluding hydrogens is 259 g/mol. The molecule has 0 unspecified atom stereocenters. The van der Waals surface area contributed by atoms with Crippen LogP contribution in [0.4, 0.5) is 13.2 Å². The van der Waals surface area contributed by atoms with Crippen LogP contribution in [0.2, 0.25) is 0 Å². The summed E-state index contributed by atoms with van der Waals surface area (Å²) in [5, 5.41) is 3.09. The minimum atomic E-state index is -4.66. The third-order valence-corrected chi connectivity index (χ3v) is 2.19. The van der Waals surface area contributed by atoms with Crippen LogP contribution in [0, 0.1) is 0 Å². The van der Waals surface area contributed by atoms with Crippen molar-refractivity contribution in [2.45, 2.75) is 32.9 Å². The molecule has 0 saturated carbocycles. The van der Waals surface area contributed by atoms with Crippen molar-refractivity contribution in [3.8, 4) is 5.75 Å². The molecule has 0 aromatic heterocycles. The largest absolute Gasteiger partial charge is 0.573 e. The van der Waals surface area contributed by atoms with Crippen LogP contribution in [0.25, 0.3) is 0 Å². The summed E-state index contributed by atoms with van der Waals surface area (Å²) in [4.78, 5) is 0. The predicted molar refractivity (Wildman–Crippen MR) is 65.9 cm³/mol. The smallest absolute Gasteiger partial charge is 0.406 e. The highest BCUT2D eigenvalue weighted by Gasteiger charge is 2.31. The fourth-order valence-corrected chi connectivity index (χ4v) is 1.45. The van der Waals surface area contributed by atoms with E-state index in [0.29, 0.717) is 19.7 Å². The van der Waals surface area contributed by atoms with Gasteiger partial charge in [-0.3, -0.25) is 0 Å². The maximum absolute atomic E-state index is 12.0. The van der Waals surface area contributed by atoms with Crippen molar-refractivity contribution >= 4 is 0 Å². The second kappa shape index (κ2) is 7.35. The van der Waals surface area contributed by atoms with Gasteiger partial charge in [-0.2, -0.15) is 0 Å². The van der Waals surface area contributed by atoms with Gasteiger partial charge >= 0.3 is 6.36 Å². The van der Waals surface area contributed by atoms with Gasteiger partial charge in [0.1, 0.15) is 5.75 Å².